The SMILES string of the molecule is CN(C)c1ccc([C@@H]2NCC[C@]3(O)CCCC[C@H]23)cc1. The predicted octanol–water partition coefficient (Wildman–Crippen LogP) is 2.71. The molecule has 1 aromatic carbocycles. The summed E-state index contributed by atoms with van der Waals surface area (Å²) >= 11 is 0. The number of fused-ring (bicyclic) bond motifs is 1. The number of anilines is 1. The molecule has 3 rings (SSSR count). The van der Waals surface area contributed by atoms with Gasteiger partial charge in [-0.05, 0) is 43.5 Å². The predicted molar refractivity (Wildman–Crippen MR) is 83.0 cm³/mol. The minimum atomic E-state index is -0.436. The van der Waals surface area contributed by atoms with E-state index >= 15 is 0 Å². The fourth-order valence-electron chi connectivity index (χ4n) is 3.95. The first-order valence-corrected chi connectivity index (χ1v) is 7.83. The van der Waals surface area contributed by atoms with Gasteiger partial charge in [-0.1, -0.05) is 25.0 Å². The Morgan fingerprint density at radius 2 is 1.90 bits per heavy atom. The van der Waals surface area contributed by atoms with Crippen molar-refractivity contribution in [3.63, 3.8) is 0 Å². The van der Waals surface area contributed by atoms with Crippen molar-refractivity contribution in [1.82, 2.24) is 5.32 Å². The van der Waals surface area contributed by atoms with Crippen LogP contribution in [0, 0.1) is 5.92 Å². The summed E-state index contributed by atoms with van der Waals surface area (Å²) < 4.78 is 0. The molecule has 1 aliphatic carbocycles. The van der Waals surface area contributed by atoms with Gasteiger partial charge in [0.2, 0.25) is 0 Å². The first kappa shape index (κ1) is 13.9. The molecule has 0 radical (unpaired) electrons. The molecule has 3 heteroatoms. The second-order valence-electron chi connectivity index (χ2n) is 6.62. The van der Waals surface area contributed by atoms with Gasteiger partial charge in [-0.2, -0.15) is 0 Å². The fraction of sp³-hybridized carbons (Fsp3) is 0.647. The lowest BCUT2D eigenvalue weighted by Crippen LogP contribution is -2.53. The highest BCUT2D eigenvalue weighted by molar-refractivity contribution is 5.46. The first-order chi connectivity index (χ1) is 9.60. The molecule has 2 fully saturated rings. The molecule has 3 atom stereocenters. The summed E-state index contributed by atoms with van der Waals surface area (Å²) in [6.45, 7) is 0.924. The lowest BCUT2D eigenvalue weighted by molar-refractivity contribution is -0.0861. The van der Waals surface area contributed by atoms with Gasteiger partial charge in [-0.15, -0.1) is 0 Å². The van der Waals surface area contributed by atoms with E-state index in [1.54, 1.807) is 0 Å². The Labute approximate surface area is 122 Å². The third kappa shape index (κ3) is 2.45. The number of nitrogens with zero attached hydrogens (tertiary/aromatic N) is 1. The number of hydrogen-bond acceptors (Lipinski definition) is 3. The van der Waals surface area contributed by atoms with Crippen LogP contribution in [0.1, 0.15) is 43.7 Å². The normalized spacial score (nSPS) is 33.5. The summed E-state index contributed by atoms with van der Waals surface area (Å²) in [5.41, 5.74) is 2.11. The smallest absolute Gasteiger partial charge is 0.0706 e. The third-order valence-corrected chi connectivity index (χ3v) is 5.16. The molecular formula is C17H26N2O. The highest BCUT2D eigenvalue weighted by Gasteiger charge is 2.45. The van der Waals surface area contributed by atoms with Gasteiger partial charge in [0.1, 0.15) is 0 Å². The van der Waals surface area contributed by atoms with Crippen LogP contribution in [-0.2, 0) is 0 Å². The summed E-state index contributed by atoms with van der Waals surface area (Å²) in [6, 6.07) is 9.09. The van der Waals surface area contributed by atoms with Crippen molar-refractivity contribution in [1.29, 1.82) is 0 Å². The van der Waals surface area contributed by atoms with Gasteiger partial charge in [0.15, 0.2) is 0 Å². The molecule has 2 N–H and O–H groups in total. The Bertz CT molecular complexity index is 453. The van der Waals surface area contributed by atoms with Crippen LogP contribution in [0.4, 0.5) is 5.69 Å². The number of nitrogens with one attached hydrogen (secondary N) is 1. The molecular weight excluding hydrogens is 248 g/mol. The Balaban J connectivity index is 1.84. The average Bonchev–Trinajstić information content (AvgIpc) is 2.46. The van der Waals surface area contributed by atoms with E-state index < -0.39 is 5.60 Å². The monoisotopic (exact) mass is 274 g/mol. The molecule has 0 amide bonds. The van der Waals surface area contributed by atoms with E-state index in [0.717, 1.165) is 25.8 Å². The molecule has 0 aromatic heterocycles. The van der Waals surface area contributed by atoms with Gasteiger partial charge in [0, 0.05) is 31.7 Å². The van der Waals surface area contributed by atoms with Crippen molar-refractivity contribution in [3.05, 3.63) is 29.8 Å². The van der Waals surface area contributed by atoms with Crippen LogP contribution in [0.15, 0.2) is 24.3 Å². The van der Waals surface area contributed by atoms with E-state index in [0.29, 0.717) is 12.0 Å². The summed E-state index contributed by atoms with van der Waals surface area (Å²) in [5.74, 6) is 0.371. The minimum Gasteiger partial charge on any atom is -0.389 e. The zero-order chi connectivity index (χ0) is 14.2. The molecule has 0 spiro atoms. The maximum atomic E-state index is 10.9. The standard InChI is InChI=1S/C17H26N2O/c1-19(2)14-8-6-13(7-9-14)16-15-5-3-4-10-17(15,20)11-12-18-16/h6-9,15-16,18,20H,3-5,10-12H2,1-2H3/t15-,16+,17-/m1/s1. The molecule has 2 aliphatic rings. The molecule has 1 heterocycles. The number of aliphatic hydroxyl groups is 1. The Kier molecular flexibility index (Phi) is 3.74. The average molecular weight is 274 g/mol. The molecule has 0 bridgehead atoms. The lowest BCUT2D eigenvalue weighted by Gasteiger charge is -2.48. The van der Waals surface area contributed by atoms with E-state index in [2.05, 4.69) is 48.6 Å². The van der Waals surface area contributed by atoms with Crippen molar-refractivity contribution < 1.29 is 5.11 Å². The summed E-state index contributed by atoms with van der Waals surface area (Å²) in [5, 5.41) is 14.6. The first-order valence-electron chi connectivity index (χ1n) is 7.83. The fourth-order valence-corrected chi connectivity index (χ4v) is 3.95. The summed E-state index contributed by atoms with van der Waals surface area (Å²) in [4.78, 5) is 2.12. The van der Waals surface area contributed by atoms with Crippen molar-refractivity contribution >= 4 is 5.69 Å². The van der Waals surface area contributed by atoms with E-state index in [1.165, 1.54) is 24.1 Å². The number of rotatable bonds is 2. The van der Waals surface area contributed by atoms with Crippen LogP contribution >= 0.6 is 0 Å². The zero-order valence-corrected chi connectivity index (χ0v) is 12.6. The highest BCUT2D eigenvalue weighted by atomic mass is 16.3. The van der Waals surface area contributed by atoms with Crippen LogP contribution in [-0.4, -0.2) is 31.3 Å². The highest BCUT2D eigenvalue weighted by Crippen LogP contribution is 2.45. The van der Waals surface area contributed by atoms with E-state index in [-0.39, 0.29) is 0 Å². The van der Waals surface area contributed by atoms with Crippen molar-refractivity contribution in [2.24, 2.45) is 5.92 Å². The van der Waals surface area contributed by atoms with Gasteiger partial charge < -0.3 is 15.3 Å². The number of piperidine rings is 1. The molecule has 3 nitrogen and oxygen atoms in total. The van der Waals surface area contributed by atoms with Gasteiger partial charge >= 0.3 is 0 Å². The molecule has 0 unspecified atom stereocenters. The second kappa shape index (κ2) is 5.38. The largest absolute Gasteiger partial charge is 0.389 e. The summed E-state index contributed by atoms with van der Waals surface area (Å²) in [6.07, 6.45) is 5.46. The Hall–Kier alpha value is -1.06. The second-order valence-corrected chi connectivity index (χ2v) is 6.62. The van der Waals surface area contributed by atoms with Crippen molar-refractivity contribution in [2.75, 3.05) is 25.5 Å². The maximum Gasteiger partial charge on any atom is 0.0706 e. The van der Waals surface area contributed by atoms with Crippen LogP contribution in [0.5, 0.6) is 0 Å². The van der Waals surface area contributed by atoms with Crippen LogP contribution in [0.2, 0.25) is 0 Å². The van der Waals surface area contributed by atoms with Gasteiger partial charge in [0.25, 0.3) is 0 Å². The molecule has 20 heavy (non-hydrogen) atoms. The third-order valence-electron chi connectivity index (χ3n) is 5.16. The van der Waals surface area contributed by atoms with E-state index in [1.807, 2.05) is 0 Å². The van der Waals surface area contributed by atoms with Gasteiger partial charge in [0.05, 0.1) is 5.60 Å². The maximum absolute atomic E-state index is 10.9. The topological polar surface area (TPSA) is 35.5 Å². The summed E-state index contributed by atoms with van der Waals surface area (Å²) in [7, 11) is 4.13. The number of hydrogen-bond donors (Lipinski definition) is 2. The van der Waals surface area contributed by atoms with Crippen LogP contribution in [0.25, 0.3) is 0 Å². The molecule has 1 aromatic rings. The lowest BCUT2D eigenvalue weighted by atomic mass is 9.67. The minimum absolute atomic E-state index is 0.310. The quantitative estimate of drug-likeness (QED) is 0.870. The van der Waals surface area contributed by atoms with Gasteiger partial charge in [-0.3, -0.25) is 0 Å². The van der Waals surface area contributed by atoms with Crippen molar-refractivity contribution in [3.8, 4) is 0 Å². The zero-order valence-electron chi connectivity index (χ0n) is 12.6. The Morgan fingerprint density at radius 1 is 1.15 bits per heavy atom. The van der Waals surface area contributed by atoms with Crippen LogP contribution < -0.4 is 10.2 Å². The molecule has 1 saturated carbocycles. The van der Waals surface area contributed by atoms with Gasteiger partial charge in [-0.25, -0.2) is 0 Å². The van der Waals surface area contributed by atoms with E-state index in [9.17, 15) is 5.11 Å². The Morgan fingerprint density at radius 3 is 2.60 bits per heavy atom. The molecule has 110 valence electrons. The van der Waals surface area contributed by atoms with Crippen LogP contribution in [0.3, 0.4) is 0 Å². The molecule has 1 aliphatic heterocycles. The van der Waals surface area contributed by atoms with Crippen molar-refractivity contribution in [2.45, 2.75) is 43.7 Å². The number of benzene rings is 1. The van der Waals surface area contributed by atoms with E-state index in [4.69, 9.17) is 0 Å². The molecule has 1 saturated heterocycles.